The third-order valence-electron chi connectivity index (χ3n) is 5.65. The number of hydrogen-bond acceptors (Lipinski definition) is 10. The Hall–Kier alpha value is -1.41. The number of nitrogens with zero attached hydrogens (tertiary/aromatic N) is 3. The molecule has 0 aromatic carbocycles. The van der Waals surface area contributed by atoms with E-state index in [2.05, 4.69) is 15.7 Å². The molecule has 1 unspecified atom stereocenters. The van der Waals surface area contributed by atoms with E-state index in [1.165, 1.54) is 16.8 Å². The van der Waals surface area contributed by atoms with Gasteiger partial charge in [-0.2, -0.15) is 5.26 Å². The van der Waals surface area contributed by atoms with E-state index in [1.54, 1.807) is 13.8 Å². The van der Waals surface area contributed by atoms with Crippen molar-refractivity contribution in [3.63, 3.8) is 0 Å². The maximum Gasteiger partial charge on any atom is 0.356 e. The van der Waals surface area contributed by atoms with Gasteiger partial charge in [0.15, 0.2) is 0 Å². The molecule has 37 heavy (non-hydrogen) atoms. The second-order valence-corrected chi connectivity index (χ2v) is 12.5. The van der Waals surface area contributed by atoms with Crippen LogP contribution < -0.4 is 11.2 Å². The summed E-state index contributed by atoms with van der Waals surface area (Å²) < 4.78 is 46.0. The molecule has 1 aliphatic carbocycles. The number of nitriles is 1. The lowest BCUT2D eigenvalue weighted by Gasteiger charge is -2.37. The Bertz CT molecular complexity index is 1020. The SMILES string of the molecule is CCOP(=O)(CO[C@H]1C[C@@H](n2ccc(=O)[nH]c2=O)C[C@@H]1OP(OCCC#N)N(C(C)C)C(C)C)OCC. The van der Waals surface area contributed by atoms with Crippen molar-refractivity contribution in [2.45, 2.75) is 91.1 Å². The van der Waals surface area contributed by atoms with E-state index in [-0.39, 0.29) is 50.7 Å². The van der Waals surface area contributed by atoms with Crippen molar-refractivity contribution in [3.05, 3.63) is 33.1 Å². The molecule has 12 nitrogen and oxygen atoms in total. The van der Waals surface area contributed by atoms with Crippen LogP contribution in [0.25, 0.3) is 0 Å². The van der Waals surface area contributed by atoms with Gasteiger partial charge < -0.3 is 22.8 Å². The number of H-pyrrole nitrogens is 1. The summed E-state index contributed by atoms with van der Waals surface area (Å²) in [5.41, 5.74) is -1.00. The molecule has 1 heterocycles. The highest BCUT2D eigenvalue weighted by Gasteiger charge is 2.42. The predicted octanol–water partition coefficient (Wildman–Crippen LogP) is 4.14. The minimum atomic E-state index is -3.48. The third-order valence-corrected chi connectivity index (χ3v) is 9.58. The van der Waals surface area contributed by atoms with Gasteiger partial charge in [-0.1, -0.05) is 0 Å². The first-order chi connectivity index (χ1) is 17.5. The fraction of sp³-hybridized carbons (Fsp3) is 0.783. The largest absolute Gasteiger partial charge is 0.363 e. The third kappa shape index (κ3) is 9.38. The fourth-order valence-electron chi connectivity index (χ4n) is 4.27. The normalized spacial score (nSPS) is 21.1. The van der Waals surface area contributed by atoms with Crippen molar-refractivity contribution >= 4 is 16.1 Å². The molecule has 1 aliphatic rings. The predicted molar refractivity (Wildman–Crippen MR) is 140 cm³/mol. The minimum absolute atomic E-state index is 0.0997. The van der Waals surface area contributed by atoms with Gasteiger partial charge in [0.2, 0.25) is 0 Å². The second-order valence-electron chi connectivity index (χ2n) is 9.11. The van der Waals surface area contributed by atoms with Gasteiger partial charge in [-0.3, -0.25) is 18.9 Å². The highest BCUT2D eigenvalue weighted by atomic mass is 31.2. The first kappa shape index (κ1) is 31.8. The van der Waals surface area contributed by atoms with Crippen molar-refractivity contribution < 1.29 is 27.4 Å². The van der Waals surface area contributed by atoms with Crippen molar-refractivity contribution in [1.29, 1.82) is 5.26 Å². The Kier molecular flexibility index (Phi) is 13.1. The van der Waals surface area contributed by atoms with E-state index in [9.17, 15) is 14.2 Å². The maximum absolute atomic E-state index is 13.0. The Labute approximate surface area is 219 Å². The molecule has 0 radical (unpaired) electrons. The first-order valence-corrected chi connectivity index (χ1v) is 15.5. The van der Waals surface area contributed by atoms with Crippen LogP contribution in [0.1, 0.15) is 66.8 Å². The van der Waals surface area contributed by atoms with E-state index in [4.69, 9.17) is 28.1 Å². The summed E-state index contributed by atoms with van der Waals surface area (Å²) in [6, 6.07) is 3.24. The lowest BCUT2D eigenvalue weighted by Crippen LogP contribution is -2.36. The van der Waals surface area contributed by atoms with E-state index >= 15 is 0 Å². The zero-order valence-corrected chi connectivity index (χ0v) is 24.3. The molecule has 210 valence electrons. The molecule has 0 amide bonds. The van der Waals surface area contributed by atoms with Crippen LogP contribution in [0.4, 0.5) is 0 Å². The van der Waals surface area contributed by atoms with Crippen LogP contribution in [0, 0.1) is 11.3 Å². The van der Waals surface area contributed by atoms with Crippen molar-refractivity contribution in [3.8, 4) is 6.07 Å². The van der Waals surface area contributed by atoms with Crippen molar-refractivity contribution in [2.75, 3.05) is 26.2 Å². The summed E-state index contributed by atoms with van der Waals surface area (Å²) in [6.45, 7) is 12.2. The maximum atomic E-state index is 13.0. The second kappa shape index (κ2) is 15.2. The van der Waals surface area contributed by atoms with Crippen LogP contribution in [0.2, 0.25) is 0 Å². The van der Waals surface area contributed by atoms with Crippen molar-refractivity contribution in [2.24, 2.45) is 0 Å². The van der Waals surface area contributed by atoms with Crippen molar-refractivity contribution in [1.82, 2.24) is 14.2 Å². The minimum Gasteiger partial charge on any atom is -0.363 e. The number of aromatic amines is 1. The lowest BCUT2D eigenvalue weighted by atomic mass is 10.2. The quantitative estimate of drug-likeness (QED) is 0.230. The topological polar surface area (TPSA) is 145 Å². The molecule has 0 aliphatic heterocycles. The average Bonchev–Trinajstić information content (AvgIpc) is 3.20. The summed E-state index contributed by atoms with van der Waals surface area (Å²) in [6.07, 6.45) is 1.11. The van der Waals surface area contributed by atoms with Gasteiger partial charge in [-0.05, 0) is 54.4 Å². The Morgan fingerprint density at radius 3 is 2.32 bits per heavy atom. The molecular weight excluding hydrogens is 522 g/mol. The molecule has 4 atom stereocenters. The van der Waals surface area contributed by atoms with Gasteiger partial charge in [0.25, 0.3) is 14.1 Å². The number of hydrogen-bond donors (Lipinski definition) is 1. The van der Waals surface area contributed by atoms with Gasteiger partial charge in [-0.15, -0.1) is 0 Å². The molecule has 1 aromatic rings. The summed E-state index contributed by atoms with van der Waals surface area (Å²) >= 11 is 0. The van der Waals surface area contributed by atoms with Crippen LogP contribution in [-0.4, -0.2) is 64.7 Å². The average molecular weight is 563 g/mol. The number of rotatable bonds is 16. The molecule has 14 heteroatoms. The Morgan fingerprint density at radius 2 is 1.78 bits per heavy atom. The summed E-state index contributed by atoms with van der Waals surface area (Å²) in [4.78, 5) is 26.4. The van der Waals surface area contributed by atoms with Crippen LogP contribution in [-0.2, 0) is 27.4 Å². The molecule has 0 bridgehead atoms. The molecule has 1 aromatic heterocycles. The summed E-state index contributed by atoms with van der Waals surface area (Å²) in [5, 5.41) is 9.00. The van der Waals surface area contributed by atoms with Gasteiger partial charge in [-0.25, -0.2) is 9.46 Å². The standard InChI is InChI=1S/C23H40N4O8P2/c1-7-33-37(30,34-8-2)16-31-20-14-19(26-12-10-22(28)25-23(26)29)15-21(20)35-36(32-13-9-11-24)27(17(3)4)18(5)6/h10,12,17-21H,7-9,13-16H2,1-6H3,(H,25,28,29)/t19-,20+,21+,36?/m1/s1. The highest BCUT2D eigenvalue weighted by molar-refractivity contribution is 7.53. The molecular formula is C23H40N4O8P2. The van der Waals surface area contributed by atoms with Crippen LogP contribution >= 0.6 is 16.1 Å². The summed E-state index contributed by atoms with van der Waals surface area (Å²) in [7, 11) is -5.06. The Morgan fingerprint density at radius 1 is 1.16 bits per heavy atom. The van der Waals surface area contributed by atoms with Gasteiger partial charge in [0.1, 0.15) is 6.35 Å². The van der Waals surface area contributed by atoms with Crippen LogP contribution in [0.3, 0.4) is 0 Å². The van der Waals surface area contributed by atoms with Gasteiger partial charge >= 0.3 is 13.3 Å². The van der Waals surface area contributed by atoms with E-state index < -0.39 is 39.6 Å². The zero-order valence-electron chi connectivity index (χ0n) is 22.5. The summed E-state index contributed by atoms with van der Waals surface area (Å²) in [5.74, 6) is 0. The lowest BCUT2D eigenvalue weighted by molar-refractivity contribution is -0.00320. The zero-order chi connectivity index (χ0) is 27.6. The van der Waals surface area contributed by atoms with E-state index in [1.807, 2.05) is 27.7 Å². The molecule has 1 fully saturated rings. The number of nitrogens with one attached hydrogen (secondary N) is 1. The highest BCUT2D eigenvalue weighted by Crippen LogP contribution is 2.52. The van der Waals surface area contributed by atoms with Gasteiger partial charge in [0, 0.05) is 30.4 Å². The smallest absolute Gasteiger partial charge is 0.356 e. The monoisotopic (exact) mass is 562 g/mol. The van der Waals surface area contributed by atoms with E-state index in [0.29, 0.717) is 12.8 Å². The first-order valence-electron chi connectivity index (χ1n) is 12.6. The molecule has 0 spiro atoms. The van der Waals surface area contributed by atoms with E-state index in [0.717, 1.165) is 0 Å². The number of aromatic nitrogens is 2. The molecule has 1 saturated carbocycles. The number of ether oxygens (including phenoxy) is 1. The molecule has 2 rings (SSSR count). The molecule has 0 saturated heterocycles. The van der Waals surface area contributed by atoms with Gasteiger partial charge in [0.05, 0.1) is 44.5 Å². The fourth-order valence-corrected chi connectivity index (χ4v) is 7.41. The van der Waals surface area contributed by atoms with Crippen LogP contribution in [0.15, 0.2) is 21.9 Å². The van der Waals surface area contributed by atoms with Crippen LogP contribution in [0.5, 0.6) is 0 Å². The molecule has 1 N–H and O–H groups in total. The Balaban J connectivity index is 2.34.